The van der Waals surface area contributed by atoms with Gasteiger partial charge in [-0.2, -0.15) is 26.3 Å². The Morgan fingerprint density at radius 2 is 1.66 bits per heavy atom. The number of ether oxygens (including phenoxy) is 1. The summed E-state index contributed by atoms with van der Waals surface area (Å²) in [5.74, 6) is 0.339. The molecular weight excluding hydrogens is 438 g/mol. The van der Waals surface area contributed by atoms with E-state index in [4.69, 9.17) is 11.0 Å². The number of aromatic nitrogens is 1. The van der Waals surface area contributed by atoms with E-state index in [-0.39, 0.29) is 19.8 Å². The second kappa shape index (κ2) is 8.47. The number of nitrogens with zero attached hydrogens (tertiary/aromatic N) is 2. The van der Waals surface area contributed by atoms with Crippen LogP contribution in [0.25, 0.3) is 27.4 Å². The van der Waals surface area contributed by atoms with Gasteiger partial charge in [-0.15, -0.1) is 0 Å². The number of halogens is 6. The molecule has 32 heavy (non-hydrogen) atoms. The molecule has 0 saturated heterocycles. The summed E-state index contributed by atoms with van der Waals surface area (Å²) in [4.78, 5) is 7.77. The highest BCUT2D eigenvalue weighted by Gasteiger charge is 2.69. The fourth-order valence-corrected chi connectivity index (χ4v) is 3.06. The van der Waals surface area contributed by atoms with Gasteiger partial charge in [-0.05, 0) is 62.1 Å². The quantitative estimate of drug-likeness (QED) is 0.224. The summed E-state index contributed by atoms with van der Waals surface area (Å²) in [5, 5.41) is 0. The van der Waals surface area contributed by atoms with Crippen molar-refractivity contribution in [2.45, 2.75) is 44.6 Å². The van der Waals surface area contributed by atoms with E-state index >= 15 is 0 Å². The Morgan fingerprint density at radius 1 is 1.03 bits per heavy atom. The average molecular weight is 456 g/mol. The van der Waals surface area contributed by atoms with Crippen LogP contribution in [-0.2, 0) is 11.2 Å². The Bertz CT molecular complexity index is 1130. The lowest BCUT2D eigenvalue weighted by molar-refractivity contribution is -0.374. The first-order valence-electron chi connectivity index (χ1n) is 9.51. The van der Waals surface area contributed by atoms with E-state index in [1.54, 1.807) is 43.3 Å². The van der Waals surface area contributed by atoms with Gasteiger partial charge in [0.05, 0.1) is 12.1 Å². The summed E-state index contributed by atoms with van der Waals surface area (Å²) >= 11 is 0. The first-order chi connectivity index (χ1) is 14.9. The molecule has 10 heteroatoms. The average Bonchev–Trinajstić information content (AvgIpc) is 3.14. The number of alkyl halides is 6. The minimum atomic E-state index is -5.57. The predicted molar refractivity (Wildman–Crippen MR) is 105 cm³/mol. The van der Waals surface area contributed by atoms with Crippen LogP contribution in [0.4, 0.5) is 32.0 Å². The Balaban J connectivity index is 1.65. The molecule has 3 rings (SSSR count). The summed E-state index contributed by atoms with van der Waals surface area (Å²) in [6, 6.07) is 10.1. The van der Waals surface area contributed by atoms with Crippen LogP contribution >= 0.6 is 0 Å². The topological polar surface area (TPSA) is 39.6 Å². The van der Waals surface area contributed by atoms with Crippen molar-refractivity contribution >= 4 is 16.8 Å². The van der Waals surface area contributed by atoms with Gasteiger partial charge < -0.3 is 9.15 Å². The predicted octanol–water partition coefficient (Wildman–Crippen LogP) is 7.19. The molecule has 2 aromatic carbocycles. The van der Waals surface area contributed by atoms with Crippen molar-refractivity contribution in [2.24, 2.45) is 0 Å². The molecule has 170 valence electrons. The van der Waals surface area contributed by atoms with Gasteiger partial charge in [-0.1, -0.05) is 12.1 Å². The number of oxazole rings is 1. The molecule has 0 saturated carbocycles. The van der Waals surface area contributed by atoms with Crippen LogP contribution in [0.2, 0.25) is 0 Å². The van der Waals surface area contributed by atoms with Crippen molar-refractivity contribution in [1.82, 2.24) is 4.98 Å². The van der Waals surface area contributed by atoms with Crippen LogP contribution in [0.3, 0.4) is 0 Å². The highest BCUT2D eigenvalue weighted by atomic mass is 19.4. The van der Waals surface area contributed by atoms with Crippen molar-refractivity contribution in [3.63, 3.8) is 0 Å². The maximum absolute atomic E-state index is 12.8. The molecule has 0 spiro atoms. The molecule has 3 aromatic rings. The fraction of sp³-hybridized carbons (Fsp3) is 0.364. The van der Waals surface area contributed by atoms with Crippen LogP contribution in [0.1, 0.15) is 24.5 Å². The first-order valence-corrected chi connectivity index (χ1v) is 9.51. The van der Waals surface area contributed by atoms with Crippen LogP contribution < -0.4 is 0 Å². The molecule has 0 bridgehead atoms. The minimum Gasteiger partial charge on any atom is -0.436 e. The van der Waals surface area contributed by atoms with Gasteiger partial charge in [0.15, 0.2) is 11.3 Å². The largest absolute Gasteiger partial charge is 0.436 e. The highest BCUT2D eigenvalue weighted by molar-refractivity contribution is 5.83. The summed E-state index contributed by atoms with van der Waals surface area (Å²) in [6.45, 7) is 8.21. The van der Waals surface area contributed by atoms with E-state index in [1.165, 1.54) is 0 Å². The van der Waals surface area contributed by atoms with Crippen LogP contribution in [0.5, 0.6) is 0 Å². The Kier molecular flexibility index (Phi) is 6.24. The van der Waals surface area contributed by atoms with E-state index in [2.05, 4.69) is 14.6 Å². The van der Waals surface area contributed by atoms with Crippen LogP contribution in [0.15, 0.2) is 40.8 Å². The van der Waals surface area contributed by atoms with Crippen molar-refractivity contribution in [3.05, 3.63) is 58.9 Å². The SMILES string of the molecule is [C-]#[N+]c1cc(C)c2oc(-c3ccc(CCCOC(C)(C(F)(F)F)C(F)(F)F)cc3)nc2c1. The second-order valence-corrected chi connectivity index (χ2v) is 7.42. The number of hydrogen-bond acceptors (Lipinski definition) is 3. The molecule has 0 unspecified atom stereocenters. The maximum atomic E-state index is 12.8. The number of aryl methyl sites for hydroxylation is 2. The molecule has 0 aliphatic rings. The van der Waals surface area contributed by atoms with Crippen molar-refractivity contribution in [1.29, 1.82) is 0 Å². The summed E-state index contributed by atoms with van der Waals surface area (Å²) in [5.41, 5.74) is -0.529. The third-order valence-corrected chi connectivity index (χ3v) is 5.07. The number of rotatable bonds is 6. The lowest BCUT2D eigenvalue weighted by Gasteiger charge is -2.33. The smallest absolute Gasteiger partial charge is 0.426 e. The number of benzene rings is 2. The molecule has 1 heterocycles. The summed E-state index contributed by atoms with van der Waals surface area (Å²) < 4.78 is 87.0. The van der Waals surface area contributed by atoms with E-state index in [1.807, 2.05) is 0 Å². The lowest BCUT2D eigenvalue weighted by atomic mass is 10.1. The molecule has 0 aliphatic carbocycles. The number of hydrogen-bond donors (Lipinski definition) is 0. The van der Waals surface area contributed by atoms with E-state index in [0.29, 0.717) is 33.8 Å². The third-order valence-electron chi connectivity index (χ3n) is 5.07. The second-order valence-electron chi connectivity index (χ2n) is 7.42. The van der Waals surface area contributed by atoms with Crippen molar-refractivity contribution < 1.29 is 35.5 Å². The normalized spacial score (nSPS) is 12.8. The molecule has 1 aromatic heterocycles. The molecule has 0 aliphatic heterocycles. The van der Waals surface area contributed by atoms with Crippen molar-refractivity contribution in [3.8, 4) is 11.5 Å². The van der Waals surface area contributed by atoms with Gasteiger partial charge >= 0.3 is 12.4 Å². The molecule has 0 N–H and O–H groups in total. The summed E-state index contributed by atoms with van der Waals surface area (Å²) in [6.07, 6.45) is -10.9. The molecule has 0 fully saturated rings. The Morgan fingerprint density at radius 3 is 2.22 bits per heavy atom. The molecular formula is C22H18F6N2O2. The fourth-order valence-electron chi connectivity index (χ4n) is 3.06. The summed E-state index contributed by atoms with van der Waals surface area (Å²) in [7, 11) is 0. The van der Waals surface area contributed by atoms with E-state index in [9.17, 15) is 26.3 Å². The van der Waals surface area contributed by atoms with Crippen LogP contribution in [-0.4, -0.2) is 29.5 Å². The van der Waals surface area contributed by atoms with E-state index in [0.717, 1.165) is 5.56 Å². The molecule has 0 radical (unpaired) electrons. The van der Waals surface area contributed by atoms with Crippen molar-refractivity contribution in [2.75, 3.05) is 6.61 Å². The zero-order valence-corrected chi connectivity index (χ0v) is 17.1. The minimum absolute atomic E-state index is 0.00899. The zero-order valence-electron chi connectivity index (χ0n) is 17.1. The van der Waals surface area contributed by atoms with Gasteiger partial charge in [0, 0.05) is 12.2 Å². The standard InChI is InChI=1S/C22H18F6N2O2/c1-13-11-16(29-3)12-17-18(13)32-19(30-17)15-8-6-14(7-9-15)5-4-10-31-20(2,21(23,24)25)22(26,27)28/h6-9,11-12H,4-5,10H2,1-2H3. The number of fused-ring (bicyclic) bond motifs is 1. The van der Waals surface area contributed by atoms with Gasteiger partial charge in [0.25, 0.3) is 5.60 Å². The van der Waals surface area contributed by atoms with Crippen LogP contribution in [0, 0.1) is 13.5 Å². The highest BCUT2D eigenvalue weighted by Crippen LogP contribution is 2.45. The molecule has 0 atom stereocenters. The maximum Gasteiger partial charge on any atom is 0.426 e. The Hall–Kier alpha value is -3.06. The van der Waals surface area contributed by atoms with Gasteiger partial charge in [-0.25, -0.2) is 9.83 Å². The molecule has 4 nitrogen and oxygen atoms in total. The van der Waals surface area contributed by atoms with Gasteiger partial charge in [-0.3, -0.25) is 0 Å². The Labute approximate surface area is 179 Å². The lowest BCUT2D eigenvalue weighted by Crippen LogP contribution is -2.56. The monoisotopic (exact) mass is 456 g/mol. The van der Waals surface area contributed by atoms with E-state index < -0.39 is 24.6 Å². The first kappa shape index (κ1) is 23.6. The van der Waals surface area contributed by atoms with Gasteiger partial charge in [0.2, 0.25) is 5.89 Å². The third kappa shape index (κ3) is 4.58. The molecule has 0 amide bonds. The van der Waals surface area contributed by atoms with Gasteiger partial charge in [0.1, 0.15) is 0 Å². The zero-order chi connectivity index (χ0) is 23.7.